The van der Waals surface area contributed by atoms with Gasteiger partial charge in [-0.25, -0.2) is 0 Å². The van der Waals surface area contributed by atoms with Crippen molar-refractivity contribution in [2.24, 2.45) is 0 Å². The van der Waals surface area contributed by atoms with E-state index in [9.17, 15) is 20.1 Å². The van der Waals surface area contributed by atoms with Crippen molar-refractivity contribution in [2.45, 2.75) is 12.5 Å². The van der Waals surface area contributed by atoms with Crippen LogP contribution in [0.15, 0.2) is 60.7 Å². The molecule has 0 fully saturated rings. The first kappa shape index (κ1) is 16.5. The predicted octanol–water partition coefficient (Wildman–Crippen LogP) is 3.14. The second kappa shape index (κ2) is 7.96. The molecule has 0 aromatic heterocycles. The average molecular weight is 310 g/mol. The van der Waals surface area contributed by atoms with Crippen molar-refractivity contribution in [1.82, 2.24) is 0 Å². The summed E-state index contributed by atoms with van der Waals surface area (Å²) in [6.45, 7) is 0. The second-order valence-corrected chi connectivity index (χ2v) is 5.11. The third-order valence-electron chi connectivity index (χ3n) is 3.17. The number of hydrogen-bond donors (Lipinski definition) is 3. The summed E-state index contributed by atoms with van der Waals surface area (Å²) >= 11 is 0. The van der Waals surface area contributed by atoms with Crippen LogP contribution in [0.3, 0.4) is 0 Å². The van der Waals surface area contributed by atoms with E-state index in [-0.39, 0.29) is 23.7 Å². The number of rotatable bonds is 6. The van der Waals surface area contributed by atoms with Gasteiger partial charge in [0.2, 0.25) is 0 Å². The van der Waals surface area contributed by atoms with Gasteiger partial charge in [0, 0.05) is 6.42 Å². The minimum absolute atomic E-state index is 0.0107. The lowest BCUT2D eigenvalue weighted by molar-refractivity contribution is -0.115. The van der Waals surface area contributed by atoms with Crippen molar-refractivity contribution in [1.29, 1.82) is 0 Å². The Morgan fingerprint density at radius 1 is 0.870 bits per heavy atom. The molecule has 0 amide bonds. The van der Waals surface area contributed by atoms with Gasteiger partial charge in [0.15, 0.2) is 5.78 Å². The molecule has 2 aromatic rings. The highest BCUT2D eigenvalue weighted by Gasteiger charge is 2.05. The third-order valence-corrected chi connectivity index (χ3v) is 3.17. The molecule has 4 nitrogen and oxygen atoms in total. The van der Waals surface area contributed by atoms with Gasteiger partial charge in [-0.05, 0) is 41.5 Å². The summed E-state index contributed by atoms with van der Waals surface area (Å²) in [5, 5.41) is 28.2. The minimum Gasteiger partial charge on any atom is -0.508 e. The van der Waals surface area contributed by atoms with E-state index < -0.39 is 6.10 Å². The topological polar surface area (TPSA) is 77.8 Å². The Morgan fingerprint density at radius 3 is 1.87 bits per heavy atom. The van der Waals surface area contributed by atoms with E-state index in [0.29, 0.717) is 0 Å². The SMILES string of the molecule is O=C(/C=C/c1ccc(O)cc1)CC(O)/C=C/c1ccc(O)cc1. The monoisotopic (exact) mass is 310 g/mol. The van der Waals surface area contributed by atoms with Crippen molar-refractivity contribution in [2.75, 3.05) is 0 Å². The summed E-state index contributed by atoms with van der Waals surface area (Å²) in [5.74, 6) is 0.154. The van der Waals surface area contributed by atoms with E-state index in [1.54, 1.807) is 66.8 Å². The molecule has 0 radical (unpaired) electrons. The molecule has 0 saturated carbocycles. The van der Waals surface area contributed by atoms with E-state index in [2.05, 4.69) is 0 Å². The number of phenols is 2. The van der Waals surface area contributed by atoms with Gasteiger partial charge in [-0.2, -0.15) is 0 Å². The molecule has 0 aliphatic rings. The molecule has 1 atom stereocenters. The van der Waals surface area contributed by atoms with E-state index in [0.717, 1.165) is 11.1 Å². The zero-order valence-corrected chi connectivity index (χ0v) is 12.5. The molecule has 23 heavy (non-hydrogen) atoms. The zero-order valence-electron chi connectivity index (χ0n) is 12.5. The van der Waals surface area contributed by atoms with Crippen LogP contribution in [-0.4, -0.2) is 27.2 Å². The number of aliphatic hydroxyl groups excluding tert-OH is 1. The fraction of sp³-hybridized carbons (Fsp3) is 0.105. The van der Waals surface area contributed by atoms with Crippen LogP contribution in [0, 0.1) is 0 Å². The highest BCUT2D eigenvalue weighted by molar-refractivity contribution is 5.94. The van der Waals surface area contributed by atoms with Gasteiger partial charge in [-0.15, -0.1) is 0 Å². The number of phenolic OH excluding ortho intramolecular Hbond substituents is 2. The molecule has 3 N–H and O–H groups in total. The summed E-state index contributed by atoms with van der Waals surface area (Å²) in [6.07, 6.45) is 5.39. The third kappa shape index (κ3) is 5.80. The van der Waals surface area contributed by atoms with Crippen molar-refractivity contribution in [3.63, 3.8) is 0 Å². The lowest BCUT2D eigenvalue weighted by Gasteiger charge is -2.02. The lowest BCUT2D eigenvalue weighted by atomic mass is 10.1. The molecule has 2 rings (SSSR count). The van der Waals surface area contributed by atoms with Crippen LogP contribution >= 0.6 is 0 Å². The van der Waals surface area contributed by atoms with E-state index in [1.165, 1.54) is 6.08 Å². The first-order valence-corrected chi connectivity index (χ1v) is 7.18. The number of carbonyl (C=O) groups is 1. The molecular weight excluding hydrogens is 292 g/mol. The normalized spacial score (nSPS) is 12.7. The minimum atomic E-state index is -0.874. The Hall–Kier alpha value is -2.85. The highest BCUT2D eigenvalue weighted by atomic mass is 16.3. The largest absolute Gasteiger partial charge is 0.508 e. The molecule has 0 spiro atoms. The van der Waals surface area contributed by atoms with Gasteiger partial charge in [0.05, 0.1) is 6.10 Å². The van der Waals surface area contributed by atoms with Gasteiger partial charge >= 0.3 is 0 Å². The number of benzene rings is 2. The Labute approximate surface area is 134 Å². The standard InChI is InChI=1S/C19H18O4/c20-16-7-1-14(2-8-16)5-11-18(22)13-19(23)12-6-15-3-9-17(21)10-4-15/h1-12,18,20-22H,13H2/b11-5+,12-6+. The molecule has 4 heteroatoms. The van der Waals surface area contributed by atoms with Gasteiger partial charge in [-0.3, -0.25) is 4.79 Å². The maximum Gasteiger partial charge on any atom is 0.158 e. The molecule has 0 bridgehead atoms. The first-order valence-electron chi connectivity index (χ1n) is 7.18. The Bertz CT molecular complexity index is 697. The van der Waals surface area contributed by atoms with Crippen molar-refractivity contribution < 1.29 is 20.1 Å². The van der Waals surface area contributed by atoms with Crippen molar-refractivity contribution in [3.05, 3.63) is 71.8 Å². The summed E-state index contributed by atoms with van der Waals surface area (Å²) in [5.41, 5.74) is 1.62. The first-order chi connectivity index (χ1) is 11.0. The Morgan fingerprint density at radius 2 is 1.35 bits per heavy atom. The molecule has 118 valence electrons. The molecule has 0 heterocycles. The smallest absolute Gasteiger partial charge is 0.158 e. The maximum atomic E-state index is 11.8. The van der Waals surface area contributed by atoms with Gasteiger partial charge in [-0.1, -0.05) is 42.5 Å². The van der Waals surface area contributed by atoms with Crippen LogP contribution in [0.1, 0.15) is 17.5 Å². The Balaban J connectivity index is 1.86. The van der Waals surface area contributed by atoms with E-state index >= 15 is 0 Å². The van der Waals surface area contributed by atoms with Gasteiger partial charge in [0.1, 0.15) is 11.5 Å². The summed E-state index contributed by atoms with van der Waals surface area (Å²) in [7, 11) is 0. The Kier molecular flexibility index (Phi) is 5.72. The zero-order chi connectivity index (χ0) is 16.7. The molecule has 0 aliphatic carbocycles. The number of allylic oxidation sites excluding steroid dienone is 1. The van der Waals surface area contributed by atoms with Crippen molar-refractivity contribution >= 4 is 17.9 Å². The summed E-state index contributed by atoms with van der Waals surface area (Å²) in [6, 6.07) is 13.0. The second-order valence-electron chi connectivity index (χ2n) is 5.11. The van der Waals surface area contributed by atoms with Crippen LogP contribution in [0.4, 0.5) is 0 Å². The van der Waals surface area contributed by atoms with E-state index in [4.69, 9.17) is 0 Å². The quantitative estimate of drug-likeness (QED) is 0.716. The molecule has 1 unspecified atom stereocenters. The van der Waals surface area contributed by atoms with Crippen molar-refractivity contribution in [3.8, 4) is 11.5 Å². The van der Waals surface area contributed by atoms with Gasteiger partial charge in [0.25, 0.3) is 0 Å². The summed E-state index contributed by atoms with van der Waals surface area (Å²) in [4.78, 5) is 11.8. The van der Waals surface area contributed by atoms with E-state index in [1.807, 2.05) is 0 Å². The molecule has 0 saturated heterocycles. The lowest BCUT2D eigenvalue weighted by Crippen LogP contribution is -2.08. The number of hydrogen-bond acceptors (Lipinski definition) is 4. The number of aliphatic hydroxyl groups is 1. The average Bonchev–Trinajstić information content (AvgIpc) is 2.54. The molecule has 2 aromatic carbocycles. The van der Waals surface area contributed by atoms with Crippen LogP contribution in [0.5, 0.6) is 11.5 Å². The van der Waals surface area contributed by atoms with Crippen LogP contribution in [-0.2, 0) is 4.79 Å². The summed E-state index contributed by atoms with van der Waals surface area (Å²) < 4.78 is 0. The number of aromatic hydroxyl groups is 2. The predicted molar refractivity (Wildman–Crippen MR) is 89.9 cm³/mol. The van der Waals surface area contributed by atoms with Crippen LogP contribution in [0.25, 0.3) is 12.2 Å². The van der Waals surface area contributed by atoms with Crippen LogP contribution < -0.4 is 0 Å². The highest BCUT2D eigenvalue weighted by Crippen LogP contribution is 2.12. The van der Waals surface area contributed by atoms with Crippen LogP contribution in [0.2, 0.25) is 0 Å². The molecular formula is C19H18O4. The number of ketones is 1. The number of carbonyl (C=O) groups excluding carboxylic acids is 1. The molecule has 0 aliphatic heterocycles. The van der Waals surface area contributed by atoms with Gasteiger partial charge < -0.3 is 15.3 Å². The maximum absolute atomic E-state index is 11.8. The fourth-order valence-corrected chi connectivity index (χ4v) is 1.92. The fourth-order valence-electron chi connectivity index (χ4n) is 1.92.